The number of alkyl carbamates (subject to hydrolysis) is 1. The van der Waals surface area contributed by atoms with Crippen LogP contribution in [0.1, 0.15) is 59.3 Å². The second-order valence-electron chi connectivity index (χ2n) is 8.25. The molecule has 1 heterocycles. The average Bonchev–Trinajstić information content (AvgIpc) is 2.61. The van der Waals surface area contributed by atoms with Gasteiger partial charge in [-0.15, -0.1) is 0 Å². The van der Waals surface area contributed by atoms with E-state index in [1.807, 2.05) is 4.90 Å². The van der Waals surface area contributed by atoms with Crippen molar-refractivity contribution in [1.82, 2.24) is 15.1 Å². The number of nitrogens with zero attached hydrogens (tertiary/aromatic N) is 2. The number of ether oxygens (including phenoxy) is 1. The van der Waals surface area contributed by atoms with Crippen molar-refractivity contribution in [3.63, 3.8) is 0 Å². The van der Waals surface area contributed by atoms with E-state index < -0.39 is 11.7 Å². The van der Waals surface area contributed by atoms with Gasteiger partial charge in [-0.1, -0.05) is 12.0 Å². The number of hydrogen-bond acceptors (Lipinski definition) is 4. The maximum atomic E-state index is 12.4. The number of nitrogens with one attached hydrogen (secondary N) is 1. The molecule has 7 heteroatoms. The molecule has 1 saturated carbocycles. The molecule has 0 radical (unpaired) electrons. The Hall–Kier alpha value is -2.05. The zero-order chi connectivity index (χ0) is 19.9. The van der Waals surface area contributed by atoms with Gasteiger partial charge in [0.05, 0.1) is 0 Å². The summed E-state index contributed by atoms with van der Waals surface area (Å²) < 4.78 is 5.14. The van der Waals surface area contributed by atoms with E-state index in [0.29, 0.717) is 26.2 Å². The number of carbonyl (C=O) groups is 3. The highest BCUT2D eigenvalue weighted by Crippen LogP contribution is 2.22. The van der Waals surface area contributed by atoms with Gasteiger partial charge >= 0.3 is 6.09 Å². The quantitative estimate of drug-likeness (QED) is 0.761. The first-order chi connectivity index (χ1) is 12.7. The molecule has 27 heavy (non-hydrogen) atoms. The second-order valence-corrected chi connectivity index (χ2v) is 8.25. The molecule has 0 aromatic carbocycles. The molecule has 0 atom stereocenters. The van der Waals surface area contributed by atoms with Crippen LogP contribution < -0.4 is 5.32 Å². The van der Waals surface area contributed by atoms with Crippen LogP contribution in [0.5, 0.6) is 0 Å². The summed E-state index contributed by atoms with van der Waals surface area (Å²) in [7, 11) is 0. The zero-order valence-electron chi connectivity index (χ0n) is 16.9. The van der Waals surface area contributed by atoms with Crippen LogP contribution in [0.2, 0.25) is 0 Å². The Morgan fingerprint density at radius 1 is 1.00 bits per heavy atom. The highest BCUT2D eigenvalue weighted by atomic mass is 16.6. The number of piperazine rings is 1. The summed E-state index contributed by atoms with van der Waals surface area (Å²) in [6.07, 6.45) is 7.22. The molecule has 2 aliphatic rings. The normalized spacial score (nSPS) is 18.1. The van der Waals surface area contributed by atoms with Crippen LogP contribution in [0.3, 0.4) is 0 Å². The van der Waals surface area contributed by atoms with Crippen LogP contribution in [0.4, 0.5) is 4.79 Å². The summed E-state index contributed by atoms with van der Waals surface area (Å²) in [5.41, 5.74) is 0.710. The lowest BCUT2D eigenvalue weighted by molar-refractivity contribution is -0.137. The van der Waals surface area contributed by atoms with E-state index in [9.17, 15) is 14.4 Å². The van der Waals surface area contributed by atoms with Gasteiger partial charge in [0.15, 0.2) is 0 Å². The molecule has 3 amide bonds. The summed E-state index contributed by atoms with van der Waals surface area (Å²) in [4.78, 5) is 39.8. The predicted octanol–water partition coefficient (Wildman–Crippen LogP) is 2.46. The third kappa shape index (κ3) is 7.61. The number of allylic oxidation sites excluding steroid dienone is 1. The van der Waals surface area contributed by atoms with Crippen LogP contribution in [0.25, 0.3) is 0 Å². The van der Waals surface area contributed by atoms with Gasteiger partial charge in [-0.3, -0.25) is 9.59 Å². The minimum atomic E-state index is -0.552. The molecule has 152 valence electrons. The van der Waals surface area contributed by atoms with Crippen molar-refractivity contribution in [3.05, 3.63) is 11.6 Å². The molecule has 0 unspecified atom stereocenters. The average molecular weight is 380 g/mol. The van der Waals surface area contributed by atoms with Gasteiger partial charge < -0.3 is 19.9 Å². The van der Waals surface area contributed by atoms with Crippen molar-refractivity contribution >= 4 is 17.9 Å². The molecule has 0 aromatic rings. The van der Waals surface area contributed by atoms with Crippen molar-refractivity contribution < 1.29 is 19.1 Å². The van der Waals surface area contributed by atoms with E-state index >= 15 is 0 Å². The van der Waals surface area contributed by atoms with Gasteiger partial charge in [0.25, 0.3) is 0 Å². The van der Waals surface area contributed by atoms with Gasteiger partial charge in [-0.2, -0.15) is 0 Å². The lowest BCUT2D eigenvalue weighted by atomic mass is 9.94. The molecule has 0 aromatic heterocycles. The van der Waals surface area contributed by atoms with Gasteiger partial charge in [0.2, 0.25) is 11.8 Å². The second kappa shape index (κ2) is 9.76. The van der Waals surface area contributed by atoms with E-state index in [1.165, 1.54) is 24.8 Å². The van der Waals surface area contributed by atoms with Crippen LogP contribution >= 0.6 is 0 Å². The molecule has 1 N–H and O–H groups in total. The first kappa shape index (κ1) is 21.3. The summed E-state index contributed by atoms with van der Waals surface area (Å²) in [5, 5.41) is 2.60. The predicted molar refractivity (Wildman–Crippen MR) is 103 cm³/mol. The molecule has 2 rings (SSSR count). The monoisotopic (exact) mass is 379 g/mol. The van der Waals surface area contributed by atoms with Crippen molar-refractivity contribution in [3.8, 4) is 0 Å². The summed E-state index contributed by atoms with van der Waals surface area (Å²) in [5.74, 6) is 0.0642. The van der Waals surface area contributed by atoms with Crippen LogP contribution in [0, 0.1) is 0 Å². The van der Waals surface area contributed by atoms with E-state index in [-0.39, 0.29) is 24.8 Å². The molecular weight excluding hydrogens is 346 g/mol. The van der Waals surface area contributed by atoms with Gasteiger partial charge in [0, 0.05) is 45.2 Å². The van der Waals surface area contributed by atoms with Gasteiger partial charge in [-0.05, 0) is 46.5 Å². The Balaban J connectivity index is 1.68. The molecular formula is C20H33N3O4. The van der Waals surface area contributed by atoms with Crippen molar-refractivity contribution in [2.45, 2.75) is 64.9 Å². The molecule has 1 aliphatic carbocycles. The smallest absolute Gasteiger partial charge is 0.407 e. The fourth-order valence-corrected chi connectivity index (χ4v) is 3.34. The van der Waals surface area contributed by atoms with E-state index in [0.717, 1.165) is 12.8 Å². The third-order valence-corrected chi connectivity index (χ3v) is 4.77. The number of hydrogen-bond donors (Lipinski definition) is 1. The molecule has 2 fully saturated rings. The number of rotatable bonds is 4. The lowest BCUT2D eigenvalue weighted by Crippen LogP contribution is -2.50. The fraction of sp³-hybridized carbons (Fsp3) is 0.750. The molecule has 7 nitrogen and oxygen atoms in total. The Kier molecular flexibility index (Phi) is 7.68. The van der Waals surface area contributed by atoms with E-state index in [1.54, 1.807) is 31.7 Å². The molecule has 1 saturated heterocycles. The van der Waals surface area contributed by atoms with Crippen LogP contribution in [0.15, 0.2) is 11.6 Å². The topological polar surface area (TPSA) is 79.0 Å². The molecule has 0 spiro atoms. The first-order valence-corrected chi connectivity index (χ1v) is 9.97. The van der Waals surface area contributed by atoms with E-state index in [2.05, 4.69) is 5.32 Å². The standard InChI is InChI=1S/C20H33N3O4/c1-20(2,3)27-19(26)21-10-9-17(24)22-11-13-23(14-12-22)18(25)15-16-7-5-4-6-8-16/h15H,4-14H2,1-3H3,(H,21,26). The SMILES string of the molecule is CC(C)(C)OC(=O)NCCC(=O)N1CCN(C(=O)C=C2CCCCC2)CC1. The Labute approximate surface area is 162 Å². The Morgan fingerprint density at radius 3 is 2.19 bits per heavy atom. The van der Waals surface area contributed by atoms with Crippen LogP contribution in [-0.2, 0) is 14.3 Å². The van der Waals surface area contributed by atoms with Gasteiger partial charge in [0.1, 0.15) is 5.60 Å². The first-order valence-electron chi connectivity index (χ1n) is 9.97. The lowest BCUT2D eigenvalue weighted by Gasteiger charge is -2.34. The zero-order valence-corrected chi connectivity index (χ0v) is 16.9. The fourth-order valence-electron chi connectivity index (χ4n) is 3.34. The minimum absolute atomic E-state index is 0.0104. The summed E-state index contributed by atoms with van der Waals surface area (Å²) >= 11 is 0. The maximum Gasteiger partial charge on any atom is 0.407 e. The third-order valence-electron chi connectivity index (χ3n) is 4.77. The molecule has 0 bridgehead atoms. The number of carbonyl (C=O) groups excluding carboxylic acids is 3. The highest BCUT2D eigenvalue weighted by Gasteiger charge is 2.24. The van der Waals surface area contributed by atoms with Crippen molar-refractivity contribution in [1.29, 1.82) is 0 Å². The van der Waals surface area contributed by atoms with Gasteiger partial charge in [-0.25, -0.2) is 4.79 Å². The molecule has 1 aliphatic heterocycles. The van der Waals surface area contributed by atoms with Crippen LogP contribution in [-0.4, -0.2) is 66.0 Å². The summed E-state index contributed by atoms with van der Waals surface area (Å²) in [6.45, 7) is 7.84. The Bertz CT molecular complexity index is 564. The largest absolute Gasteiger partial charge is 0.444 e. The minimum Gasteiger partial charge on any atom is -0.444 e. The number of amides is 3. The van der Waals surface area contributed by atoms with Crippen molar-refractivity contribution in [2.24, 2.45) is 0 Å². The maximum absolute atomic E-state index is 12.4. The van der Waals surface area contributed by atoms with Crippen molar-refractivity contribution in [2.75, 3.05) is 32.7 Å². The Morgan fingerprint density at radius 2 is 1.59 bits per heavy atom. The highest BCUT2D eigenvalue weighted by molar-refractivity contribution is 5.88. The summed E-state index contributed by atoms with van der Waals surface area (Å²) in [6, 6.07) is 0. The van der Waals surface area contributed by atoms with E-state index in [4.69, 9.17) is 4.74 Å².